The molecule has 0 aliphatic rings. The van der Waals surface area contributed by atoms with Gasteiger partial charge in [0.1, 0.15) is 0 Å². The number of quaternary nitrogens is 1. The average Bonchev–Trinajstić information content (AvgIpc) is 2.39. The highest BCUT2D eigenvalue weighted by Crippen LogP contribution is 2.08. The van der Waals surface area contributed by atoms with Gasteiger partial charge in [0.2, 0.25) is 0 Å². The number of rotatable bonds is 2. The molecule has 0 saturated carbocycles. The molecule has 2 aromatic rings. The number of hydrogen-bond donors (Lipinski definition) is 2. The summed E-state index contributed by atoms with van der Waals surface area (Å²) in [7, 11) is 8.50. The first-order chi connectivity index (χ1) is 9.84. The first-order valence-corrected chi connectivity index (χ1v) is 6.81. The largest absolute Gasteiger partial charge is 0.333 e. The fourth-order valence-corrected chi connectivity index (χ4v) is 1.34. The number of carbonyl (C=O) groups is 1. The summed E-state index contributed by atoms with van der Waals surface area (Å²) in [6, 6.07) is 18.4. The van der Waals surface area contributed by atoms with Crippen LogP contribution < -0.4 is 10.6 Å². The SMILES string of the molecule is C[N+](C)(C)C.O=C(Nc1ccccc1)Nc1ccccc1. The molecular formula is C17H24N3O+. The van der Waals surface area contributed by atoms with Crippen molar-refractivity contribution in [2.45, 2.75) is 0 Å². The van der Waals surface area contributed by atoms with E-state index in [2.05, 4.69) is 38.8 Å². The Kier molecular flexibility index (Phi) is 6.43. The van der Waals surface area contributed by atoms with E-state index >= 15 is 0 Å². The number of benzene rings is 2. The second-order valence-corrected chi connectivity index (χ2v) is 5.99. The Hall–Kier alpha value is -2.33. The van der Waals surface area contributed by atoms with Gasteiger partial charge in [-0.3, -0.25) is 0 Å². The second kappa shape index (κ2) is 8.07. The number of nitrogens with one attached hydrogen (secondary N) is 2. The van der Waals surface area contributed by atoms with Gasteiger partial charge in [0, 0.05) is 11.4 Å². The number of hydrogen-bond acceptors (Lipinski definition) is 1. The van der Waals surface area contributed by atoms with E-state index in [1.54, 1.807) is 0 Å². The van der Waals surface area contributed by atoms with Crippen molar-refractivity contribution < 1.29 is 9.28 Å². The Morgan fingerprint density at radius 2 is 1.00 bits per heavy atom. The molecule has 0 bridgehead atoms. The van der Waals surface area contributed by atoms with Gasteiger partial charge in [-0.2, -0.15) is 0 Å². The van der Waals surface area contributed by atoms with Crippen LogP contribution in [-0.2, 0) is 0 Å². The van der Waals surface area contributed by atoms with Crippen LogP contribution in [0.2, 0.25) is 0 Å². The Morgan fingerprint density at radius 3 is 1.29 bits per heavy atom. The highest BCUT2D eigenvalue weighted by molar-refractivity contribution is 5.99. The predicted molar refractivity (Wildman–Crippen MR) is 89.5 cm³/mol. The van der Waals surface area contributed by atoms with Crippen LogP contribution in [0.3, 0.4) is 0 Å². The van der Waals surface area contributed by atoms with Gasteiger partial charge in [-0.05, 0) is 24.3 Å². The number of carbonyl (C=O) groups excluding carboxylic acids is 1. The third-order valence-electron chi connectivity index (χ3n) is 2.06. The quantitative estimate of drug-likeness (QED) is 0.813. The van der Waals surface area contributed by atoms with Gasteiger partial charge in [0.15, 0.2) is 0 Å². The normalized spacial score (nSPS) is 10.1. The van der Waals surface area contributed by atoms with E-state index in [0.29, 0.717) is 0 Å². The maximum Gasteiger partial charge on any atom is 0.323 e. The number of urea groups is 1. The Labute approximate surface area is 127 Å². The molecule has 0 aromatic heterocycles. The summed E-state index contributed by atoms with van der Waals surface area (Å²) in [4.78, 5) is 11.6. The molecule has 0 spiro atoms. The lowest BCUT2D eigenvalue weighted by Crippen LogP contribution is -2.27. The summed E-state index contributed by atoms with van der Waals surface area (Å²) < 4.78 is 1.00. The third-order valence-corrected chi connectivity index (χ3v) is 2.06. The summed E-state index contributed by atoms with van der Waals surface area (Å²) in [6.45, 7) is 0. The van der Waals surface area contributed by atoms with E-state index < -0.39 is 0 Å². The summed E-state index contributed by atoms with van der Waals surface area (Å²) in [6.07, 6.45) is 0. The fraction of sp³-hybridized carbons (Fsp3) is 0.235. The molecule has 2 rings (SSSR count). The molecule has 112 valence electrons. The Morgan fingerprint density at radius 1 is 0.714 bits per heavy atom. The van der Waals surface area contributed by atoms with Crippen LogP contribution in [0.1, 0.15) is 0 Å². The lowest BCUT2D eigenvalue weighted by atomic mass is 10.3. The van der Waals surface area contributed by atoms with Crippen LogP contribution in [0, 0.1) is 0 Å². The van der Waals surface area contributed by atoms with Gasteiger partial charge in [-0.25, -0.2) is 4.79 Å². The maximum absolute atomic E-state index is 11.6. The van der Waals surface area contributed by atoms with Gasteiger partial charge in [0.05, 0.1) is 28.2 Å². The minimum Gasteiger partial charge on any atom is -0.333 e. The number of nitrogens with zero attached hydrogens (tertiary/aromatic N) is 1. The lowest BCUT2D eigenvalue weighted by molar-refractivity contribution is -0.849. The molecule has 0 heterocycles. The van der Waals surface area contributed by atoms with E-state index in [1.807, 2.05) is 60.7 Å². The molecule has 21 heavy (non-hydrogen) atoms. The second-order valence-electron chi connectivity index (χ2n) is 5.99. The molecule has 2 N–H and O–H groups in total. The van der Waals surface area contributed by atoms with Crippen molar-refractivity contribution in [3.8, 4) is 0 Å². The predicted octanol–water partition coefficient (Wildman–Crippen LogP) is 3.65. The smallest absolute Gasteiger partial charge is 0.323 e. The van der Waals surface area contributed by atoms with Crippen LogP contribution in [0.15, 0.2) is 60.7 Å². The topological polar surface area (TPSA) is 41.1 Å². The van der Waals surface area contributed by atoms with Crippen LogP contribution in [0.5, 0.6) is 0 Å². The molecular weight excluding hydrogens is 262 g/mol. The van der Waals surface area contributed by atoms with E-state index in [9.17, 15) is 4.79 Å². The van der Waals surface area contributed by atoms with Crippen LogP contribution >= 0.6 is 0 Å². The van der Waals surface area contributed by atoms with E-state index in [4.69, 9.17) is 0 Å². The Balaban J connectivity index is 0.000000383. The number of amides is 2. The molecule has 0 fully saturated rings. The van der Waals surface area contributed by atoms with Gasteiger partial charge < -0.3 is 15.1 Å². The number of para-hydroxylation sites is 2. The minimum atomic E-state index is -0.239. The van der Waals surface area contributed by atoms with Crippen molar-refractivity contribution in [1.29, 1.82) is 0 Å². The molecule has 4 nitrogen and oxygen atoms in total. The van der Waals surface area contributed by atoms with Gasteiger partial charge in [-0.15, -0.1) is 0 Å². The molecule has 0 radical (unpaired) electrons. The maximum atomic E-state index is 11.6. The van der Waals surface area contributed by atoms with Gasteiger partial charge in [-0.1, -0.05) is 36.4 Å². The molecule has 0 atom stereocenters. The molecule has 0 aliphatic heterocycles. The van der Waals surface area contributed by atoms with Crippen molar-refractivity contribution in [2.75, 3.05) is 38.8 Å². The first kappa shape index (κ1) is 16.7. The molecule has 0 aliphatic carbocycles. The van der Waals surface area contributed by atoms with Crippen LogP contribution in [0.25, 0.3) is 0 Å². The molecule has 0 saturated heterocycles. The lowest BCUT2D eigenvalue weighted by Gasteiger charge is -2.14. The summed E-state index contributed by atoms with van der Waals surface area (Å²) >= 11 is 0. The van der Waals surface area contributed by atoms with Crippen molar-refractivity contribution in [3.63, 3.8) is 0 Å². The van der Waals surface area contributed by atoms with Crippen molar-refractivity contribution in [1.82, 2.24) is 0 Å². The molecule has 2 amide bonds. The van der Waals surface area contributed by atoms with E-state index in [0.717, 1.165) is 15.9 Å². The van der Waals surface area contributed by atoms with Crippen LogP contribution in [0.4, 0.5) is 16.2 Å². The zero-order chi connectivity index (χ0) is 15.7. The summed E-state index contributed by atoms with van der Waals surface area (Å²) in [5.41, 5.74) is 1.55. The molecule has 2 aromatic carbocycles. The molecule has 4 heteroatoms. The first-order valence-electron chi connectivity index (χ1n) is 6.81. The highest BCUT2D eigenvalue weighted by Gasteiger charge is 2.00. The van der Waals surface area contributed by atoms with E-state index in [1.165, 1.54) is 0 Å². The van der Waals surface area contributed by atoms with E-state index in [-0.39, 0.29) is 6.03 Å². The number of anilines is 2. The minimum absolute atomic E-state index is 0.239. The van der Waals surface area contributed by atoms with Crippen LogP contribution in [-0.4, -0.2) is 38.7 Å². The van der Waals surface area contributed by atoms with Gasteiger partial charge in [0.25, 0.3) is 0 Å². The monoisotopic (exact) mass is 286 g/mol. The van der Waals surface area contributed by atoms with Crippen molar-refractivity contribution in [2.24, 2.45) is 0 Å². The third kappa shape index (κ3) is 9.24. The average molecular weight is 286 g/mol. The zero-order valence-corrected chi connectivity index (χ0v) is 13.1. The zero-order valence-electron chi connectivity index (χ0n) is 13.1. The summed E-state index contributed by atoms with van der Waals surface area (Å²) in [5, 5.41) is 5.48. The van der Waals surface area contributed by atoms with Gasteiger partial charge >= 0.3 is 6.03 Å². The standard InChI is InChI=1S/C13H12N2O.C4H12N/c16-13(14-11-7-3-1-4-8-11)15-12-9-5-2-6-10-12;1-5(2,3)4/h1-10H,(H2,14,15,16);1-4H3/q;+1. The summed E-state index contributed by atoms with van der Waals surface area (Å²) in [5.74, 6) is 0. The van der Waals surface area contributed by atoms with Crippen molar-refractivity contribution in [3.05, 3.63) is 60.7 Å². The van der Waals surface area contributed by atoms with Crippen molar-refractivity contribution >= 4 is 17.4 Å². The molecule has 0 unspecified atom stereocenters. The highest BCUT2D eigenvalue weighted by atomic mass is 16.2. The Bertz CT molecular complexity index is 483. The fourth-order valence-electron chi connectivity index (χ4n) is 1.34.